The number of hydrogen-bond acceptors (Lipinski definition) is 4. The Morgan fingerprint density at radius 2 is 1.30 bits per heavy atom. The van der Waals surface area contributed by atoms with Crippen molar-refractivity contribution in [3.63, 3.8) is 0 Å². The molecule has 3 rings (SSSR count). The van der Waals surface area contributed by atoms with Gasteiger partial charge in [0, 0.05) is 39.3 Å². The Balaban J connectivity index is 1.48. The first-order valence-corrected chi connectivity index (χ1v) is 8.14. The van der Waals surface area contributed by atoms with Crippen molar-refractivity contribution in [2.45, 2.75) is 19.7 Å². The van der Waals surface area contributed by atoms with Crippen molar-refractivity contribution in [1.29, 1.82) is 0 Å². The van der Waals surface area contributed by atoms with E-state index in [2.05, 4.69) is 28.0 Å². The molecule has 1 fully saturated rings. The average Bonchev–Trinajstić information content (AvgIpc) is 2.57. The van der Waals surface area contributed by atoms with Crippen LogP contribution in [0.1, 0.15) is 16.7 Å². The number of phenols is 1. The molecule has 2 aromatic rings. The second kappa shape index (κ2) is 7.59. The molecule has 0 unspecified atom stereocenters. The molecule has 0 aliphatic carbocycles. The normalized spacial score (nSPS) is 16.6. The van der Waals surface area contributed by atoms with Gasteiger partial charge in [-0.2, -0.15) is 0 Å². The minimum atomic E-state index is 0.105. The number of phenolic OH excluding ortho intramolecular Hbond substituents is 1. The highest BCUT2D eigenvalue weighted by molar-refractivity contribution is 5.27. The number of aliphatic hydroxyl groups is 1. The van der Waals surface area contributed by atoms with Crippen LogP contribution in [0.3, 0.4) is 0 Å². The Morgan fingerprint density at radius 1 is 0.739 bits per heavy atom. The number of rotatable bonds is 5. The molecule has 0 saturated carbocycles. The third-order valence-corrected chi connectivity index (χ3v) is 4.39. The van der Waals surface area contributed by atoms with Gasteiger partial charge in [0.1, 0.15) is 5.75 Å². The van der Waals surface area contributed by atoms with Gasteiger partial charge in [-0.1, -0.05) is 36.4 Å². The van der Waals surface area contributed by atoms with E-state index in [1.54, 1.807) is 6.07 Å². The van der Waals surface area contributed by atoms with E-state index in [0.717, 1.165) is 50.4 Å². The molecule has 4 heteroatoms. The van der Waals surface area contributed by atoms with Gasteiger partial charge in [0.2, 0.25) is 0 Å². The second-order valence-corrected chi connectivity index (χ2v) is 6.20. The topological polar surface area (TPSA) is 46.9 Å². The summed E-state index contributed by atoms with van der Waals surface area (Å²) in [5.41, 5.74) is 3.42. The molecular formula is C19H24N2O2. The number of piperazine rings is 1. The van der Waals surface area contributed by atoms with Crippen LogP contribution in [-0.4, -0.2) is 46.2 Å². The molecule has 0 amide bonds. The lowest BCUT2D eigenvalue weighted by molar-refractivity contribution is 0.122. The van der Waals surface area contributed by atoms with Crippen molar-refractivity contribution in [2.75, 3.05) is 26.2 Å². The fourth-order valence-electron chi connectivity index (χ4n) is 3.03. The summed E-state index contributed by atoms with van der Waals surface area (Å²) in [6.45, 7) is 6.17. The molecule has 0 radical (unpaired) electrons. The summed E-state index contributed by atoms with van der Waals surface area (Å²) in [5, 5.41) is 18.6. The van der Waals surface area contributed by atoms with Crippen molar-refractivity contribution in [3.05, 3.63) is 65.2 Å². The lowest BCUT2D eigenvalue weighted by atomic mass is 10.1. The Bertz CT molecular complexity index is 620. The minimum absolute atomic E-state index is 0.105. The standard InChI is InChI=1S/C19H24N2O2/c22-15-17-6-4-16(5-7-17)13-20-8-10-21(11-9-20)14-18-2-1-3-19(23)12-18/h1-7,12,22-23H,8-11,13-15H2. The van der Waals surface area contributed by atoms with Gasteiger partial charge in [-0.05, 0) is 28.8 Å². The van der Waals surface area contributed by atoms with E-state index in [1.807, 2.05) is 24.3 Å². The molecule has 122 valence electrons. The van der Waals surface area contributed by atoms with Gasteiger partial charge in [-0.15, -0.1) is 0 Å². The van der Waals surface area contributed by atoms with Crippen LogP contribution < -0.4 is 0 Å². The van der Waals surface area contributed by atoms with Crippen LogP contribution in [-0.2, 0) is 19.7 Å². The van der Waals surface area contributed by atoms with Gasteiger partial charge in [-0.3, -0.25) is 9.80 Å². The van der Waals surface area contributed by atoms with Gasteiger partial charge >= 0.3 is 0 Å². The SMILES string of the molecule is OCc1ccc(CN2CCN(Cc3cccc(O)c3)CC2)cc1. The Kier molecular flexibility index (Phi) is 5.28. The predicted molar refractivity (Wildman–Crippen MR) is 91.0 cm³/mol. The molecule has 4 nitrogen and oxygen atoms in total. The van der Waals surface area contributed by atoms with E-state index in [9.17, 15) is 5.11 Å². The summed E-state index contributed by atoms with van der Waals surface area (Å²) in [5.74, 6) is 0.340. The summed E-state index contributed by atoms with van der Waals surface area (Å²) >= 11 is 0. The summed E-state index contributed by atoms with van der Waals surface area (Å²) < 4.78 is 0. The van der Waals surface area contributed by atoms with Gasteiger partial charge in [0.25, 0.3) is 0 Å². The van der Waals surface area contributed by atoms with Gasteiger partial charge in [-0.25, -0.2) is 0 Å². The monoisotopic (exact) mass is 312 g/mol. The van der Waals surface area contributed by atoms with Crippen molar-refractivity contribution in [1.82, 2.24) is 9.80 Å². The third-order valence-electron chi connectivity index (χ3n) is 4.39. The zero-order chi connectivity index (χ0) is 16.1. The second-order valence-electron chi connectivity index (χ2n) is 6.20. The highest BCUT2D eigenvalue weighted by Gasteiger charge is 2.17. The quantitative estimate of drug-likeness (QED) is 0.888. The lowest BCUT2D eigenvalue weighted by Gasteiger charge is -2.34. The fraction of sp³-hybridized carbons (Fsp3) is 0.368. The van der Waals surface area contributed by atoms with Gasteiger partial charge < -0.3 is 10.2 Å². The molecule has 2 N–H and O–H groups in total. The lowest BCUT2D eigenvalue weighted by Crippen LogP contribution is -2.45. The smallest absolute Gasteiger partial charge is 0.115 e. The zero-order valence-corrected chi connectivity index (χ0v) is 13.4. The number of nitrogens with zero attached hydrogens (tertiary/aromatic N) is 2. The van der Waals surface area contributed by atoms with E-state index < -0.39 is 0 Å². The number of benzene rings is 2. The van der Waals surface area contributed by atoms with E-state index in [0.29, 0.717) is 5.75 Å². The molecule has 1 heterocycles. The third kappa shape index (κ3) is 4.55. The molecule has 2 aromatic carbocycles. The van der Waals surface area contributed by atoms with Crippen molar-refractivity contribution in [3.8, 4) is 5.75 Å². The van der Waals surface area contributed by atoms with E-state index in [1.165, 1.54) is 5.56 Å². The molecule has 0 spiro atoms. The van der Waals surface area contributed by atoms with E-state index >= 15 is 0 Å². The minimum Gasteiger partial charge on any atom is -0.508 e. The van der Waals surface area contributed by atoms with Crippen LogP contribution >= 0.6 is 0 Å². The zero-order valence-electron chi connectivity index (χ0n) is 13.4. The maximum absolute atomic E-state index is 9.54. The summed E-state index contributed by atoms with van der Waals surface area (Å²) in [6.07, 6.45) is 0. The molecule has 0 aromatic heterocycles. The fourth-order valence-corrected chi connectivity index (χ4v) is 3.03. The summed E-state index contributed by atoms with van der Waals surface area (Å²) in [7, 11) is 0. The van der Waals surface area contributed by atoms with Crippen LogP contribution in [0.2, 0.25) is 0 Å². The van der Waals surface area contributed by atoms with E-state index in [-0.39, 0.29) is 6.61 Å². The molecule has 0 atom stereocenters. The maximum Gasteiger partial charge on any atom is 0.115 e. The molecule has 23 heavy (non-hydrogen) atoms. The van der Waals surface area contributed by atoms with Crippen molar-refractivity contribution in [2.24, 2.45) is 0 Å². The Morgan fingerprint density at radius 3 is 1.87 bits per heavy atom. The highest BCUT2D eigenvalue weighted by Crippen LogP contribution is 2.15. The van der Waals surface area contributed by atoms with E-state index in [4.69, 9.17) is 5.11 Å². The first-order chi connectivity index (χ1) is 11.2. The van der Waals surface area contributed by atoms with Crippen LogP contribution in [0.5, 0.6) is 5.75 Å². The first-order valence-electron chi connectivity index (χ1n) is 8.14. The van der Waals surface area contributed by atoms with Crippen LogP contribution in [0, 0.1) is 0 Å². The molecule has 1 aliphatic rings. The summed E-state index contributed by atoms with van der Waals surface area (Å²) in [6, 6.07) is 15.7. The molecular weight excluding hydrogens is 288 g/mol. The molecule has 1 aliphatic heterocycles. The van der Waals surface area contributed by atoms with Crippen LogP contribution in [0.25, 0.3) is 0 Å². The van der Waals surface area contributed by atoms with Gasteiger partial charge in [0.05, 0.1) is 6.61 Å². The average molecular weight is 312 g/mol. The number of aromatic hydroxyl groups is 1. The van der Waals surface area contributed by atoms with Crippen LogP contribution in [0.4, 0.5) is 0 Å². The molecule has 0 bridgehead atoms. The predicted octanol–water partition coefficient (Wildman–Crippen LogP) is 2.20. The van der Waals surface area contributed by atoms with Gasteiger partial charge in [0.15, 0.2) is 0 Å². The van der Waals surface area contributed by atoms with Crippen molar-refractivity contribution < 1.29 is 10.2 Å². The molecule has 1 saturated heterocycles. The highest BCUT2D eigenvalue weighted by atomic mass is 16.3. The number of aliphatic hydroxyl groups excluding tert-OH is 1. The number of hydrogen-bond donors (Lipinski definition) is 2. The first kappa shape index (κ1) is 16.0. The summed E-state index contributed by atoms with van der Waals surface area (Å²) in [4.78, 5) is 4.90. The van der Waals surface area contributed by atoms with Crippen LogP contribution in [0.15, 0.2) is 48.5 Å². The maximum atomic E-state index is 9.54. The Labute approximate surface area is 137 Å². The van der Waals surface area contributed by atoms with Crippen molar-refractivity contribution >= 4 is 0 Å². The largest absolute Gasteiger partial charge is 0.508 e. The Hall–Kier alpha value is -1.88.